The summed E-state index contributed by atoms with van der Waals surface area (Å²) in [6.07, 6.45) is 1.29. The van der Waals surface area contributed by atoms with E-state index < -0.39 is 29.8 Å². The van der Waals surface area contributed by atoms with Crippen LogP contribution in [-0.4, -0.2) is 49.0 Å². The minimum absolute atomic E-state index is 0.0188. The molecule has 3 N–H and O–H groups in total. The summed E-state index contributed by atoms with van der Waals surface area (Å²) in [6, 6.07) is 18.6. The maximum absolute atomic E-state index is 13.2. The van der Waals surface area contributed by atoms with E-state index >= 15 is 0 Å². The molecular weight excluding hydrogens is 439 g/mol. The van der Waals surface area contributed by atoms with Crippen molar-refractivity contribution in [3.63, 3.8) is 0 Å². The van der Waals surface area contributed by atoms with Gasteiger partial charge in [0.25, 0.3) is 5.91 Å². The number of hydrogen-bond acceptors (Lipinski definition) is 5. The van der Waals surface area contributed by atoms with Gasteiger partial charge in [-0.25, -0.2) is 18.9 Å². The lowest BCUT2D eigenvalue weighted by Crippen LogP contribution is -2.48. The minimum Gasteiger partial charge on any atom is -0.479 e. The number of carboxylic acids is 1. The zero-order valence-corrected chi connectivity index (χ0v) is 17.9. The Labute approximate surface area is 194 Å². The van der Waals surface area contributed by atoms with Crippen LogP contribution in [-0.2, 0) is 11.2 Å². The Balaban J connectivity index is 1.60. The Hall–Kier alpha value is -4.37. The number of carboxylic acid groups (broad SMARTS) is 1. The molecule has 2 unspecified atom stereocenters. The first kappa shape index (κ1) is 22.8. The molecule has 1 amide bonds. The van der Waals surface area contributed by atoms with Crippen LogP contribution < -0.4 is 5.32 Å². The molecule has 2 heterocycles. The summed E-state index contributed by atoms with van der Waals surface area (Å²) >= 11 is 0. The summed E-state index contributed by atoms with van der Waals surface area (Å²) in [5, 5.41) is 26.6. The van der Waals surface area contributed by atoms with Crippen LogP contribution in [0.1, 0.15) is 15.9 Å². The Kier molecular flexibility index (Phi) is 6.74. The fourth-order valence-electron chi connectivity index (χ4n) is 3.50. The number of aliphatic carboxylic acids is 1. The van der Waals surface area contributed by atoms with Crippen LogP contribution in [0.15, 0.2) is 85.2 Å². The summed E-state index contributed by atoms with van der Waals surface area (Å²) in [4.78, 5) is 28.9. The average Bonchev–Trinajstić information content (AvgIpc) is 3.35. The van der Waals surface area contributed by atoms with Crippen molar-refractivity contribution in [3.05, 3.63) is 102 Å². The van der Waals surface area contributed by atoms with Gasteiger partial charge in [0, 0.05) is 18.0 Å². The van der Waals surface area contributed by atoms with Crippen LogP contribution in [0.5, 0.6) is 0 Å². The second-order valence-corrected chi connectivity index (χ2v) is 7.58. The Morgan fingerprint density at radius 1 is 1.00 bits per heavy atom. The van der Waals surface area contributed by atoms with Crippen LogP contribution in [0.3, 0.4) is 0 Å². The van der Waals surface area contributed by atoms with Crippen LogP contribution >= 0.6 is 0 Å². The Bertz CT molecular complexity index is 1290. The number of aliphatic hydroxyl groups excluding tert-OH is 1. The molecule has 34 heavy (non-hydrogen) atoms. The SMILES string of the molecule is O=C(NC(Cc1ccc(F)cc1)C(O)C(=O)O)c1cccnc1-n1ccc(-c2ccccc2)n1. The third-order valence-electron chi connectivity index (χ3n) is 5.23. The highest BCUT2D eigenvalue weighted by molar-refractivity contribution is 5.97. The molecule has 0 fully saturated rings. The zero-order valence-electron chi connectivity index (χ0n) is 17.9. The first-order valence-electron chi connectivity index (χ1n) is 10.4. The number of hydrogen-bond donors (Lipinski definition) is 3. The van der Waals surface area contributed by atoms with Gasteiger partial charge in [-0.1, -0.05) is 42.5 Å². The van der Waals surface area contributed by atoms with Crippen LogP contribution in [0.25, 0.3) is 17.1 Å². The van der Waals surface area contributed by atoms with Gasteiger partial charge in [0.2, 0.25) is 0 Å². The van der Waals surface area contributed by atoms with Crippen LogP contribution in [0.2, 0.25) is 0 Å². The lowest BCUT2D eigenvalue weighted by molar-refractivity contribution is -0.148. The normalized spacial score (nSPS) is 12.6. The topological polar surface area (TPSA) is 117 Å². The predicted molar refractivity (Wildman–Crippen MR) is 122 cm³/mol. The number of benzene rings is 2. The van der Waals surface area contributed by atoms with Crippen molar-refractivity contribution < 1.29 is 24.2 Å². The van der Waals surface area contributed by atoms with Gasteiger partial charge >= 0.3 is 5.97 Å². The third kappa shape index (κ3) is 5.16. The Morgan fingerprint density at radius 2 is 1.74 bits per heavy atom. The lowest BCUT2D eigenvalue weighted by atomic mass is 10.0. The fourth-order valence-corrected chi connectivity index (χ4v) is 3.50. The van der Waals surface area contributed by atoms with E-state index in [1.807, 2.05) is 30.3 Å². The van der Waals surface area contributed by atoms with Gasteiger partial charge in [-0.15, -0.1) is 0 Å². The van der Waals surface area contributed by atoms with Crippen molar-refractivity contribution in [2.75, 3.05) is 0 Å². The van der Waals surface area contributed by atoms with Gasteiger partial charge in [-0.05, 0) is 42.3 Å². The smallest absolute Gasteiger partial charge is 0.334 e. The second-order valence-electron chi connectivity index (χ2n) is 7.58. The highest BCUT2D eigenvalue weighted by Gasteiger charge is 2.29. The molecule has 4 aromatic rings. The molecule has 0 saturated heterocycles. The number of halogens is 1. The molecule has 0 aliphatic rings. The van der Waals surface area contributed by atoms with E-state index in [0.717, 1.165) is 5.56 Å². The van der Waals surface area contributed by atoms with Crippen molar-refractivity contribution >= 4 is 11.9 Å². The number of carbonyl (C=O) groups excluding carboxylic acids is 1. The number of amides is 1. The van der Waals surface area contributed by atoms with E-state index in [1.165, 1.54) is 41.2 Å². The molecule has 0 saturated carbocycles. The van der Waals surface area contributed by atoms with E-state index in [0.29, 0.717) is 11.3 Å². The molecular formula is C25H21FN4O4. The summed E-state index contributed by atoms with van der Waals surface area (Å²) in [6.45, 7) is 0. The van der Waals surface area contributed by atoms with Crippen molar-refractivity contribution in [3.8, 4) is 17.1 Å². The standard InChI is InChI=1S/C25H21FN4O4/c26-18-10-8-16(9-11-18)15-21(22(31)25(33)34)28-24(32)19-7-4-13-27-23(19)30-14-12-20(29-30)17-5-2-1-3-6-17/h1-14,21-22,31H,15H2,(H,28,32)(H,33,34). The first-order chi connectivity index (χ1) is 16.4. The predicted octanol–water partition coefficient (Wildman–Crippen LogP) is 2.86. The molecule has 2 aromatic carbocycles. The largest absolute Gasteiger partial charge is 0.479 e. The van der Waals surface area contributed by atoms with E-state index in [-0.39, 0.29) is 17.8 Å². The molecule has 9 heteroatoms. The number of nitrogens with zero attached hydrogens (tertiary/aromatic N) is 3. The number of carbonyl (C=O) groups is 2. The molecule has 172 valence electrons. The van der Waals surface area contributed by atoms with Gasteiger partial charge in [0.1, 0.15) is 5.82 Å². The molecule has 0 spiro atoms. The fraction of sp³-hybridized carbons (Fsp3) is 0.120. The highest BCUT2D eigenvalue weighted by atomic mass is 19.1. The third-order valence-corrected chi connectivity index (χ3v) is 5.23. The van der Waals surface area contributed by atoms with E-state index in [2.05, 4.69) is 15.4 Å². The number of rotatable bonds is 8. The monoisotopic (exact) mass is 460 g/mol. The van der Waals surface area contributed by atoms with Crippen molar-refractivity contribution in [2.45, 2.75) is 18.6 Å². The molecule has 2 aromatic heterocycles. The average molecular weight is 460 g/mol. The quantitative estimate of drug-likeness (QED) is 0.372. The van der Waals surface area contributed by atoms with Crippen LogP contribution in [0, 0.1) is 5.82 Å². The number of nitrogens with one attached hydrogen (secondary N) is 1. The van der Waals surface area contributed by atoms with Gasteiger partial charge in [0.05, 0.1) is 17.3 Å². The number of aliphatic hydroxyl groups is 1. The van der Waals surface area contributed by atoms with E-state index in [1.54, 1.807) is 18.3 Å². The van der Waals surface area contributed by atoms with Crippen molar-refractivity contribution in [2.24, 2.45) is 0 Å². The lowest BCUT2D eigenvalue weighted by Gasteiger charge is -2.22. The molecule has 8 nitrogen and oxygen atoms in total. The number of aromatic nitrogens is 3. The summed E-state index contributed by atoms with van der Waals surface area (Å²) in [7, 11) is 0. The molecule has 4 rings (SSSR count). The maximum Gasteiger partial charge on any atom is 0.334 e. The van der Waals surface area contributed by atoms with Crippen molar-refractivity contribution in [1.82, 2.24) is 20.1 Å². The highest BCUT2D eigenvalue weighted by Crippen LogP contribution is 2.19. The molecule has 0 aliphatic heterocycles. The van der Waals surface area contributed by atoms with Gasteiger partial charge < -0.3 is 15.5 Å². The van der Waals surface area contributed by atoms with E-state index in [4.69, 9.17) is 0 Å². The molecule has 0 bridgehead atoms. The van der Waals surface area contributed by atoms with Gasteiger partial charge in [0.15, 0.2) is 11.9 Å². The molecule has 0 aliphatic carbocycles. The first-order valence-corrected chi connectivity index (χ1v) is 10.4. The van der Waals surface area contributed by atoms with Crippen molar-refractivity contribution in [1.29, 1.82) is 0 Å². The number of pyridine rings is 1. The summed E-state index contributed by atoms with van der Waals surface area (Å²) in [5.74, 6) is -2.32. The van der Waals surface area contributed by atoms with Gasteiger partial charge in [-0.2, -0.15) is 5.10 Å². The maximum atomic E-state index is 13.2. The molecule has 0 radical (unpaired) electrons. The minimum atomic E-state index is -1.87. The van der Waals surface area contributed by atoms with Gasteiger partial charge in [-0.3, -0.25) is 4.79 Å². The van der Waals surface area contributed by atoms with E-state index in [9.17, 15) is 24.2 Å². The zero-order chi connectivity index (χ0) is 24.1. The summed E-state index contributed by atoms with van der Waals surface area (Å²) < 4.78 is 14.7. The summed E-state index contributed by atoms with van der Waals surface area (Å²) in [5.41, 5.74) is 2.28. The Morgan fingerprint density at radius 3 is 2.44 bits per heavy atom. The molecule has 2 atom stereocenters. The van der Waals surface area contributed by atoms with Crippen LogP contribution in [0.4, 0.5) is 4.39 Å². The second kappa shape index (κ2) is 10.1.